The predicted molar refractivity (Wildman–Crippen MR) is 77.4 cm³/mol. The minimum atomic E-state index is 0.523. The summed E-state index contributed by atoms with van der Waals surface area (Å²) in [5, 5.41) is 0. The van der Waals surface area contributed by atoms with Gasteiger partial charge in [-0.15, -0.1) is 0 Å². The number of fused-ring (bicyclic) bond motifs is 2. The van der Waals surface area contributed by atoms with Gasteiger partial charge in [-0.05, 0) is 58.8 Å². The topological polar surface area (TPSA) is 24.5 Å². The molecule has 0 aromatic heterocycles. The zero-order valence-corrected chi connectivity index (χ0v) is 12.6. The Morgan fingerprint density at radius 1 is 1.50 bits per heavy atom. The van der Waals surface area contributed by atoms with Crippen LogP contribution in [0.4, 0.5) is 5.69 Å². The summed E-state index contributed by atoms with van der Waals surface area (Å²) in [4.78, 5) is 3.89. The second kappa shape index (κ2) is 3.81. The summed E-state index contributed by atoms with van der Waals surface area (Å²) in [5.74, 6) is 1.87. The van der Waals surface area contributed by atoms with Gasteiger partial charge in [0.2, 0.25) is 0 Å². The summed E-state index contributed by atoms with van der Waals surface area (Å²) in [6.07, 6.45) is 2.78. The zero-order valence-electron chi connectivity index (χ0n) is 10.2. The number of methoxy groups -OCH3 is 1. The highest BCUT2D eigenvalue weighted by Gasteiger charge is 2.73. The standard InChI is InChI=1S/C13H15BrN2OS/c1-17-11-5-12-10(4-9(11)14)16(3-2-15-18-12)13-6-8(13)7-13/h4-5,8,15H,2-3,6-7H2,1H3. The van der Waals surface area contributed by atoms with E-state index in [9.17, 15) is 0 Å². The molecule has 0 amide bonds. The minimum Gasteiger partial charge on any atom is -0.496 e. The fourth-order valence-electron chi connectivity index (χ4n) is 2.96. The molecular formula is C13H15BrN2OS. The highest BCUT2D eigenvalue weighted by molar-refractivity contribution is 9.10. The number of nitrogens with zero attached hydrogens (tertiary/aromatic N) is 1. The van der Waals surface area contributed by atoms with Crippen molar-refractivity contribution in [1.29, 1.82) is 0 Å². The predicted octanol–water partition coefficient (Wildman–Crippen LogP) is 3.04. The van der Waals surface area contributed by atoms with Crippen LogP contribution in [0.5, 0.6) is 5.75 Å². The van der Waals surface area contributed by atoms with E-state index in [2.05, 4.69) is 37.7 Å². The van der Waals surface area contributed by atoms with Crippen molar-refractivity contribution in [2.75, 3.05) is 25.1 Å². The van der Waals surface area contributed by atoms with Gasteiger partial charge in [0.15, 0.2) is 0 Å². The van der Waals surface area contributed by atoms with Crippen LogP contribution in [0.1, 0.15) is 12.8 Å². The molecule has 0 bridgehead atoms. The van der Waals surface area contributed by atoms with Gasteiger partial charge in [-0.25, -0.2) is 0 Å². The van der Waals surface area contributed by atoms with Crippen LogP contribution in [0.3, 0.4) is 0 Å². The van der Waals surface area contributed by atoms with E-state index >= 15 is 0 Å². The van der Waals surface area contributed by atoms with E-state index in [0.29, 0.717) is 5.54 Å². The molecule has 4 rings (SSSR count). The molecule has 2 fully saturated rings. The SMILES string of the molecule is COc1cc2c(cc1Br)N(C13CC1C3)CCNS2. The van der Waals surface area contributed by atoms with Crippen molar-refractivity contribution in [3.05, 3.63) is 16.6 Å². The lowest BCUT2D eigenvalue weighted by atomic mass is 10.2. The van der Waals surface area contributed by atoms with Gasteiger partial charge in [-0.3, -0.25) is 4.72 Å². The second-order valence-corrected chi connectivity index (χ2v) is 7.10. The molecule has 1 heterocycles. The van der Waals surface area contributed by atoms with Gasteiger partial charge in [-0.1, -0.05) is 0 Å². The van der Waals surface area contributed by atoms with E-state index in [1.54, 1.807) is 19.1 Å². The molecule has 0 saturated heterocycles. The van der Waals surface area contributed by atoms with Crippen molar-refractivity contribution < 1.29 is 4.74 Å². The smallest absolute Gasteiger partial charge is 0.134 e. The molecule has 0 radical (unpaired) electrons. The lowest BCUT2D eigenvalue weighted by molar-refractivity contribution is 0.411. The van der Waals surface area contributed by atoms with Crippen LogP contribution in [-0.4, -0.2) is 25.7 Å². The highest BCUT2D eigenvalue weighted by atomic mass is 79.9. The van der Waals surface area contributed by atoms with Crippen LogP contribution in [0.15, 0.2) is 21.5 Å². The maximum atomic E-state index is 5.39. The first kappa shape index (κ1) is 11.4. The van der Waals surface area contributed by atoms with E-state index < -0.39 is 0 Å². The number of rotatable bonds is 2. The summed E-state index contributed by atoms with van der Waals surface area (Å²) in [6.45, 7) is 2.14. The molecule has 1 N–H and O–H groups in total. The first-order valence-corrected chi connectivity index (χ1v) is 7.90. The second-order valence-electron chi connectivity index (χ2n) is 5.31. The summed E-state index contributed by atoms with van der Waals surface area (Å²) in [6, 6.07) is 4.35. The van der Waals surface area contributed by atoms with Crippen LogP contribution in [0.25, 0.3) is 0 Å². The maximum absolute atomic E-state index is 5.39. The Morgan fingerprint density at radius 3 is 2.94 bits per heavy atom. The van der Waals surface area contributed by atoms with Crippen molar-refractivity contribution in [3.63, 3.8) is 0 Å². The molecule has 1 aromatic carbocycles. The van der Waals surface area contributed by atoms with Gasteiger partial charge >= 0.3 is 0 Å². The van der Waals surface area contributed by atoms with Crippen LogP contribution >= 0.6 is 27.9 Å². The summed E-state index contributed by atoms with van der Waals surface area (Å²) in [5.41, 5.74) is 1.88. The van der Waals surface area contributed by atoms with Crippen molar-refractivity contribution in [1.82, 2.24) is 4.72 Å². The van der Waals surface area contributed by atoms with Crippen molar-refractivity contribution >= 4 is 33.6 Å². The Labute approximate surface area is 120 Å². The van der Waals surface area contributed by atoms with Crippen LogP contribution in [0.2, 0.25) is 0 Å². The summed E-state index contributed by atoms with van der Waals surface area (Å²) >= 11 is 5.33. The lowest BCUT2D eigenvalue weighted by Gasteiger charge is -2.28. The van der Waals surface area contributed by atoms with E-state index in [4.69, 9.17) is 4.74 Å². The molecule has 96 valence electrons. The van der Waals surface area contributed by atoms with Gasteiger partial charge < -0.3 is 9.64 Å². The zero-order chi connectivity index (χ0) is 12.3. The molecule has 0 spiro atoms. The maximum Gasteiger partial charge on any atom is 0.134 e. The van der Waals surface area contributed by atoms with Crippen LogP contribution < -0.4 is 14.4 Å². The van der Waals surface area contributed by atoms with Gasteiger partial charge in [0.1, 0.15) is 5.75 Å². The van der Waals surface area contributed by atoms with E-state index in [1.165, 1.54) is 23.4 Å². The Hall–Kier alpha value is -0.390. The number of benzene rings is 1. The number of halogens is 1. The Balaban J connectivity index is 1.80. The quantitative estimate of drug-likeness (QED) is 0.844. The number of ether oxygens (including phenoxy) is 1. The molecule has 2 aliphatic carbocycles. The van der Waals surface area contributed by atoms with Gasteiger partial charge in [0.25, 0.3) is 0 Å². The Morgan fingerprint density at radius 2 is 2.28 bits per heavy atom. The Kier molecular flexibility index (Phi) is 2.42. The third-order valence-corrected chi connectivity index (χ3v) is 5.84. The van der Waals surface area contributed by atoms with Crippen LogP contribution in [-0.2, 0) is 0 Å². The third-order valence-electron chi connectivity index (χ3n) is 4.32. The molecule has 5 heteroatoms. The fraction of sp³-hybridized carbons (Fsp3) is 0.538. The number of hydrogen-bond donors (Lipinski definition) is 1. The highest BCUT2D eigenvalue weighted by Crippen LogP contribution is 2.71. The summed E-state index contributed by atoms with van der Waals surface area (Å²) in [7, 11) is 1.72. The Bertz CT molecular complexity index is 516. The molecule has 2 saturated carbocycles. The first-order valence-electron chi connectivity index (χ1n) is 6.29. The molecule has 1 aromatic rings. The molecular weight excluding hydrogens is 312 g/mol. The lowest BCUT2D eigenvalue weighted by Crippen LogP contribution is -2.34. The normalized spacial score (nSPS) is 32.3. The molecule has 3 nitrogen and oxygen atoms in total. The molecule has 0 atom stereocenters. The van der Waals surface area contributed by atoms with Gasteiger partial charge in [0.05, 0.1) is 17.3 Å². The summed E-state index contributed by atoms with van der Waals surface area (Å²) < 4.78 is 9.87. The van der Waals surface area contributed by atoms with E-state index in [1.807, 2.05) is 0 Å². The minimum absolute atomic E-state index is 0.523. The van der Waals surface area contributed by atoms with E-state index in [0.717, 1.165) is 29.2 Å². The molecule has 18 heavy (non-hydrogen) atoms. The number of hydrogen-bond acceptors (Lipinski definition) is 4. The van der Waals surface area contributed by atoms with Crippen LogP contribution in [0, 0.1) is 5.92 Å². The van der Waals surface area contributed by atoms with Crippen molar-refractivity contribution in [3.8, 4) is 5.75 Å². The van der Waals surface area contributed by atoms with E-state index in [-0.39, 0.29) is 0 Å². The van der Waals surface area contributed by atoms with Crippen molar-refractivity contribution in [2.45, 2.75) is 23.3 Å². The number of anilines is 1. The fourth-order valence-corrected chi connectivity index (χ4v) is 4.24. The molecule has 1 aliphatic heterocycles. The van der Waals surface area contributed by atoms with Gasteiger partial charge in [0, 0.05) is 23.5 Å². The third kappa shape index (κ3) is 1.53. The molecule has 0 unspecified atom stereocenters. The average molecular weight is 327 g/mol. The average Bonchev–Trinajstić information content (AvgIpc) is 3.17. The van der Waals surface area contributed by atoms with Crippen molar-refractivity contribution in [2.24, 2.45) is 5.92 Å². The monoisotopic (exact) mass is 326 g/mol. The first-order chi connectivity index (χ1) is 8.74. The number of nitrogens with one attached hydrogen (secondary N) is 1. The van der Waals surface area contributed by atoms with Gasteiger partial charge in [-0.2, -0.15) is 0 Å². The molecule has 3 aliphatic rings. The largest absolute Gasteiger partial charge is 0.496 e.